The molecule has 0 radical (unpaired) electrons. The van der Waals surface area contributed by atoms with Crippen LogP contribution in [-0.2, 0) is 9.59 Å². The first-order chi connectivity index (χ1) is 8.84. The monoisotopic (exact) mass is 261 g/mol. The van der Waals surface area contributed by atoms with Crippen LogP contribution >= 0.6 is 0 Å². The highest BCUT2D eigenvalue weighted by atomic mass is 16.4. The van der Waals surface area contributed by atoms with Crippen molar-refractivity contribution >= 4 is 23.5 Å². The number of aromatic hydroxyl groups is 1. The number of carbonyl (C=O) groups excluding carboxylic acids is 2. The van der Waals surface area contributed by atoms with Gasteiger partial charge < -0.3 is 10.2 Å². The lowest BCUT2D eigenvalue weighted by Gasteiger charge is -2.17. The van der Waals surface area contributed by atoms with Crippen molar-refractivity contribution in [1.82, 2.24) is 0 Å². The number of aromatic carboxylic acids is 1. The Hall–Kier alpha value is -2.63. The Morgan fingerprint density at radius 3 is 2.11 bits per heavy atom. The molecule has 2 amide bonds. The summed E-state index contributed by atoms with van der Waals surface area (Å²) in [7, 11) is 0. The second kappa shape index (κ2) is 4.24. The third kappa shape index (κ3) is 1.87. The Bertz CT molecular complexity index is 620. The molecule has 0 atom stereocenters. The molecule has 1 aliphatic rings. The molecule has 1 heterocycles. The van der Waals surface area contributed by atoms with Gasteiger partial charge in [-0.2, -0.15) is 0 Å². The largest absolute Gasteiger partial charge is 0.508 e. The zero-order chi connectivity index (χ0) is 14.3. The molecule has 0 bridgehead atoms. The zero-order valence-corrected chi connectivity index (χ0v) is 10.3. The van der Waals surface area contributed by atoms with E-state index in [1.165, 1.54) is 26.0 Å². The lowest BCUT2D eigenvalue weighted by atomic mass is 10.1. The number of benzene rings is 1. The SMILES string of the molecule is CC1=C(C)C(=O)N(c2ccc(O)cc2C(=O)O)C1=O. The van der Waals surface area contributed by atoms with Crippen LogP contribution in [0.25, 0.3) is 0 Å². The van der Waals surface area contributed by atoms with Gasteiger partial charge in [-0.15, -0.1) is 0 Å². The third-order valence-corrected chi connectivity index (χ3v) is 3.06. The van der Waals surface area contributed by atoms with E-state index in [9.17, 15) is 19.5 Å². The van der Waals surface area contributed by atoms with Gasteiger partial charge in [-0.05, 0) is 32.0 Å². The number of carboxylic acids is 1. The minimum atomic E-state index is -1.33. The standard InChI is InChI=1S/C13H11NO5/c1-6-7(2)12(17)14(11(6)16)10-4-3-8(15)5-9(10)13(18)19/h3-5,15H,1-2H3,(H,18,19). The van der Waals surface area contributed by atoms with Crippen LogP contribution in [0.2, 0.25) is 0 Å². The fraction of sp³-hybridized carbons (Fsp3) is 0.154. The number of phenols is 1. The predicted molar refractivity (Wildman–Crippen MR) is 65.9 cm³/mol. The fourth-order valence-corrected chi connectivity index (χ4v) is 1.86. The Morgan fingerprint density at radius 1 is 1.11 bits per heavy atom. The molecule has 0 unspecified atom stereocenters. The fourth-order valence-electron chi connectivity index (χ4n) is 1.86. The van der Waals surface area contributed by atoms with E-state index in [1.807, 2.05) is 0 Å². The van der Waals surface area contributed by atoms with Crippen molar-refractivity contribution in [3.05, 3.63) is 34.9 Å². The minimum Gasteiger partial charge on any atom is -0.508 e. The summed E-state index contributed by atoms with van der Waals surface area (Å²) in [5.41, 5.74) is 0.226. The molecule has 0 spiro atoms. The quantitative estimate of drug-likeness (QED) is 0.782. The van der Waals surface area contributed by atoms with E-state index in [0.29, 0.717) is 0 Å². The van der Waals surface area contributed by atoms with E-state index >= 15 is 0 Å². The smallest absolute Gasteiger partial charge is 0.337 e. The summed E-state index contributed by atoms with van der Waals surface area (Å²) >= 11 is 0. The van der Waals surface area contributed by atoms with Crippen molar-refractivity contribution in [3.63, 3.8) is 0 Å². The van der Waals surface area contributed by atoms with Gasteiger partial charge in [0, 0.05) is 11.1 Å². The molecule has 0 aromatic heterocycles. The molecule has 1 aromatic carbocycles. The number of amides is 2. The molecule has 1 aliphatic heterocycles. The first-order valence-corrected chi connectivity index (χ1v) is 5.47. The number of phenolic OH excluding ortho intramolecular Hbond substituents is 1. The van der Waals surface area contributed by atoms with Crippen LogP contribution in [0.3, 0.4) is 0 Å². The number of imide groups is 1. The lowest BCUT2D eigenvalue weighted by Crippen LogP contribution is -2.32. The molecule has 0 fully saturated rings. The Morgan fingerprint density at radius 2 is 1.63 bits per heavy atom. The normalized spacial score (nSPS) is 15.4. The van der Waals surface area contributed by atoms with Gasteiger partial charge in [-0.1, -0.05) is 0 Å². The topological polar surface area (TPSA) is 94.9 Å². The molecule has 1 aromatic rings. The number of rotatable bonds is 2. The predicted octanol–water partition coefficient (Wildman–Crippen LogP) is 1.30. The molecular weight excluding hydrogens is 250 g/mol. The zero-order valence-electron chi connectivity index (χ0n) is 10.3. The lowest BCUT2D eigenvalue weighted by molar-refractivity contribution is -0.120. The summed E-state index contributed by atoms with van der Waals surface area (Å²) < 4.78 is 0. The van der Waals surface area contributed by atoms with Gasteiger partial charge >= 0.3 is 5.97 Å². The van der Waals surface area contributed by atoms with E-state index in [1.54, 1.807) is 0 Å². The third-order valence-electron chi connectivity index (χ3n) is 3.06. The van der Waals surface area contributed by atoms with Crippen LogP contribution in [0, 0.1) is 0 Å². The Balaban J connectivity index is 2.59. The van der Waals surface area contributed by atoms with Crippen LogP contribution in [-0.4, -0.2) is 28.0 Å². The van der Waals surface area contributed by atoms with Crippen molar-refractivity contribution in [2.24, 2.45) is 0 Å². The van der Waals surface area contributed by atoms with E-state index in [0.717, 1.165) is 11.0 Å². The first-order valence-electron chi connectivity index (χ1n) is 5.47. The summed E-state index contributed by atoms with van der Waals surface area (Å²) in [5, 5.41) is 18.4. The van der Waals surface area contributed by atoms with Gasteiger partial charge in [-0.25, -0.2) is 9.69 Å². The molecule has 6 nitrogen and oxygen atoms in total. The highest BCUT2D eigenvalue weighted by Crippen LogP contribution is 2.31. The minimum absolute atomic E-state index is 0.0449. The summed E-state index contributed by atoms with van der Waals surface area (Å²) in [4.78, 5) is 35.9. The van der Waals surface area contributed by atoms with Gasteiger partial charge in [0.05, 0.1) is 11.3 Å². The van der Waals surface area contributed by atoms with E-state index < -0.39 is 17.8 Å². The molecule has 98 valence electrons. The van der Waals surface area contributed by atoms with Crippen molar-refractivity contribution < 1.29 is 24.6 Å². The second-order valence-corrected chi connectivity index (χ2v) is 4.20. The van der Waals surface area contributed by atoms with Crippen LogP contribution in [0.4, 0.5) is 5.69 Å². The van der Waals surface area contributed by atoms with Gasteiger partial charge in [0.1, 0.15) is 5.75 Å². The Kier molecular flexibility index (Phi) is 2.86. The number of carbonyl (C=O) groups is 3. The van der Waals surface area contributed by atoms with Crippen LogP contribution in [0.5, 0.6) is 5.75 Å². The summed E-state index contributed by atoms with van der Waals surface area (Å²) in [5.74, 6) is -2.67. The average molecular weight is 261 g/mol. The van der Waals surface area contributed by atoms with E-state index in [4.69, 9.17) is 5.11 Å². The maximum atomic E-state index is 12.0. The molecule has 0 saturated carbocycles. The molecule has 6 heteroatoms. The van der Waals surface area contributed by atoms with Crippen LogP contribution in [0.1, 0.15) is 24.2 Å². The molecular formula is C13H11NO5. The molecule has 0 aliphatic carbocycles. The van der Waals surface area contributed by atoms with Crippen molar-refractivity contribution in [3.8, 4) is 5.75 Å². The summed E-state index contributed by atoms with van der Waals surface area (Å²) in [6.07, 6.45) is 0. The maximum Gasteiger partial charge on any atom is 0.337 e. The molecule has 2 rings (SSSR count). The van der Waals surface area contributed by atoms with Crippen LogP contribution < -0.4 is 4.90 Å². The number of nitrogens with zero attached hydrogens (tertiary/aromatic N) is 1. The maximum absolute atomic E-state index is 12.0. The second-order valence-electron chi connectivity index (χ2n) is 4.20. The first kappa shape index (κ1) is 12.8. The number of hydrogen-bond donors (Lipinski definition) is 2. The highest BCUT2D eigenvalue weighted by Gasteiger charge is 2.36. The van der Waals surface area contributed by atoms with Gasteiger partial charge in [0.25, 0.3) is 11.8 Å². The van der Waals surface area contributed by atoms with Gasteiger partial charge in [0.2, 0.25) is 0 Å². The van der Waals surface area contributed by atoms with E-state index in [2.05, 4.69) is 0 Å². The highest BCUT2D eigenvalue weighted by molar-refractivity contribution is 6.33. The van der Waals surface area contributed by atoms with E-state index in [-0.39, 0.29) is 28.1 Å². The number of carboxylic acid groups (broad SMARTS) is 1. The number of anilines is 1. The Labute approximate surface area is 108 Å². The molecule has 2 N–H and O–H groups in total. The average Bonchev–Trinajstić information content (AvgIpc) is 2.54. The summed E-state index contributed by atoms with van der Waals surface area (Å²) in [6, 6.07) is 3.47. The molecule has 19 heavy (non-hydrogen) atoms. The number of hydrogen-bond acceptors (Lipinski definition) is 4. The van der Waals surface area contributed by atoms with Gasteiger partial charge in [-0.3, -0.25) is 9.59 Å². The van der Waals surface area contributed by atoms with Crippen molar-refractivity contribution in [1.29, 1.82) is 0 Å². The molecule has 0 saturated heterocycles. The van der Waals surface area contributed by atoms with Crippen molar-refractivity contribution in [2.45, 2.75) is 13.8 Å². The van der Waals surface area contributed by atoms with Crippen molar-refractivity contribution in [2.75, 3.05) is 4.90 Å². The van der Waals surface area contributed by atoms with Crippen LogP contribution in [0.15, 0.2) is 29.3 Å². The summed E-state index contributed by atoms with van der Waals surface area (Å²) in [6.45, 7) is 3.02. The van der Waals surface area contributed by atoms with Gasteiger partial charge in [0.15, 0.2) is 0 Å².